The van der Waals surface area contributed by atoms with Crippen molar-refractivity contribution in [3.8, 4) is 0 Å². The van der Waals surface area contributed by atoms with Gasteiger partial charge in [-0.25, -0.2) is 4.39 Å². The Hall–Kier alpha value is -1.47. The van der Waals surface area contributed by atoms with Crippen LogP contribution in [0.25, 0.3) is 0 Å². The van der Waals surface area contributed by atoms with Crippen molar-refractivity contribution >= 4 is 58.4 Å². The second-order valence-corrected chi connectivity index (χ2v) is 10.8. The number of halogens is 4. The fourth-order valence-electron chi connectivity index (χ4n) is 3.20. The molecule has 0 aliphatic heterocycles. The molecule has 0 saturated heterocycles. The van der Waals surface area contributed by atoms with Crippen molar-refractivity contribution in [2.45, 2.75) is 58.0 Å². The molecule has 0 fully saturated rings. The van der Waals surface area contributed by atoms with Gasteiger partial charge in [0.05, 0.1) is 15.8 Å². The highest BCUT2D eigenvalue weighted by Gasteiger charge is 2.30. The molecule has 2 amide bonds. The summed E-state index contributed by atoms with van der Waals surface area (Å²) < 4.78 is 14.1. The van der Waals surface area contributed by atoms with E-state index in [0.717, 1.165) is 5.56 Å². The number of nitrogens with one attached hydrogen (secondary N) is 1. The predicted molar refractivity (Wildman–Crippen MR) is 137 cm³/mol. The second-order valence-electron chi connectivity index (χ2n) is 8.63. The number of hydrogen-bond acceptors (Lipinski definition) is 3. The van der Waals surface area contributed by atoms with Crippen molar-refractivity contribution < 1.29 is 14.0 Å². The van der Waals surface area contributed by atoms with Crippen LogP contribution in [0.4, 0.5) is 4.39 Å². The van der Waals surface area contributed by atoms with Crippen LogP contribution in [0.15, 0.2) is 36.4 Å². The molecule has 0 saturated carbocycles. The molecule has 0 aromatic heterocycles. The Balaban J connectivity index is 2.23. The maximum Gasteiger partial charge on any atom is 0.243 e. The third kappa shape index (κ3) is 8.36. The van der Waals surface area contributed by atoms with Gasteiger partial charge in [-0.1, -0.05) is 53.9 Å². The molecule has 9 heteroatoms. The molecule has 4 nitrogen and oxygen atoms in total. The van der Waals surface area contributed by atoms with Crippen molar-refractivity contribution in [2.24, 2.45) is 0 Å². The fraction of sp³-hybridized carbons (Fsp3) is 0.417. The number of nitrogens with zero attached hydrogens (tertiary/aromatic N) is 1. The van der Waals surface area contributed by atoms with Crippen molar-refractivity contribution in [3.63, 3.8) is 0 Å². The van der Waals surface area contributed by atoms with Crippen molar-refractivity contribution in [1.29, 1.82) is 0 Å². The molecule has 0 bridgehead atoms. The summed E-state index contributed by atoms with van der Waals surface area (Å²) in [7, 11) is 0. The number of benzene rings is 2. The highest BCUT2D eigenvalue weighted by atomic mass is 35.5. The van der Waals surface area contributed by atoms with E-state index < -0.39 is 17.4 Å². The van der Waals surface area contributed by atoms with Crippen LogP contribution in [-0.2, 0) is 21.9 Å². The molecule has 0 aliphatic carbocycles. The van der Waals surface area contributed by atoms with Crippen LogP contribution in [-0.4, -0.2) is 34.0 Å². The average Bonchev–Trinajstić information content (AvgIpc) is 2.71. The molecule has 0 aliphatic rings. The second kappa shape index (κ2) is 12.3. The van der Waals surface area contributed by atoms with E-state index in [0.29, 0.717) is 27.1 Å². The van der Waals surface area contributed by atoms with E-state index >= 15 is 0 Å². The smallest absolute Gasteiger partial charge is 0.243 e. The minimum Gasteiger partial charge on any atom is -0.350 e. The van der Waals surface area contributed by atoms with Crippen molar-refractivity contribution in [2.75, 3.05) is 5.75 Å². The highest BCUT2D eigenvalue weighted by Crippen LogP contribution is 2.26. The SMILES string of the molecule is CC[C@@H](C(=O)NC(C)(C)C)N(Cc1ccc(Cl)c(Cl)c1)C(=O)CSCc1c(F)cccc1Cl. The van der Waals surface area contributed by atoms with E-state index in [-0.39, 0.29) is 29.9 Å². The summed E-state index contributed by atoms with van der Waals surface area (Å²) in [6.07, 6.45) is 0.429. The molecule has 33 heavy (non-hydrogen) atoms. The molecule has 0 radical (unpaired) electrons. The van der Waals surface area contributed by atoms with Gasteiger partial charge in [0, 0.05) is 28.4 Å². The van der Waals surface area contributed by atoms with E-state index in [2.05, 4.69) is 5.32 Å². The summed E-state index contributed by atoms with van der Waals surface area (Å²) in [5.74, 6) is -0.588. The van der Waals surface area contributed by atoms with Gasteiger partial charge in [0.1, 0.15) is 11.9 Å². The van der Waals surface area contributed by atoms with Gasteiger partial charge in [0.2, 0.25) is 11.8 Å². The van der Waals surface area contributed by atoms with E-state index in [9.17, 15) is 14.0 Å². The van der Waals surface area contributed by atoms with E-state index in [1.165, 1.54) is 28.8 Å². The number of carbonyl (C=O) groups is 2. The van der Waals surface area contributed by atoms with Gasteiger partial charge in [0.25, 0.3) is 0 Å². The standard InChI is InChI=1S/C24H28Cl3FN2O2S/c1-5-21(23(32)29-24(2,3)4)30(12-15-9-10-18(26)19(27)11-15)22(31)14-33-13-16-17(25)7-6-8-20(16)28/h6-11,21H,5,12-14H2,1-4H3,(H,29,32)/t21-/m0/s1. The summed E-state index contributed by atoms with van der Waals surface area (Å²) in [5.41, 5.74) is 0.659. The Morgan fingerprint density at radius 3 is 2.36 bits per heavy atom. The molecule has 1 N–H and O–H groups in total. The van der Waals surface area contributed by atoms with E-state index in [1.54, 1.807) is 24.3 Å². The first-order valence-corrected chi connectivity index (χ1v) is 12.8. The van der Waals surface area contributed by atoms with Crippen LogP contribution in [0.5, 0.6) is 0 Å². The topological polar surface area (TPSA) is 49.4 Å². The summed E-state index contributed by atoms with van der Waals surface area (Å²) in [5, 5.41) is 4.06. The van der Waals surface area contributed by atoms with E-state index in [4.69, 9.17) is 34.8 Å². The van der Waals surface area contributed by atoms with Crippen molar-refractivity contribution in [1.82, 2.24) is 10.2 Å². The highest BCUT2D eigenvalue weighted by molar-refractivity contribution is 7.99. The van der Waals surface area contributed by atoms with Gasteiger partial charge in [0.15, 0.2) is 0 Å². The monoisotopic (exact) mass is 532 g/mol. The molecule has 180 valence electrons. The van der Waals surface area contributed by atoms with Crippen LogP contribution in [0.3, 0.4) is 0 Å². The Labute approximate surface area is 214 Å². The normalized spacial score (nSPS) is 12.4. The molecule has 2 aromatic carbocycles. The van der Waals surface area contributed by atoms with Gasteiger partial charge >= 0.3 is 0 Å². The van der Waals surface area contributed by atoms with Crippen LogP contribution < -0.4 is 5.32 Å². The van der Waals surface area contributed by atoms with Gasteiger partial charge in [-0.2, -0.15) is 0 Å². The zero-order valence-corrected chi connectivity index (χ0v) is 22.1. The van der Waals surface area contributed by atoms with Crippen LogP contribution in [0.2, 0.25) is 15.1 Å². The number of rotatable bonds is 9. The molecule has 0 unspecified atom stereocenters. The van der Waals surface area contributed by atoms with Gasteiger partial charge in [-0.3, -0.25) is 9.59 Å². The summed E-state index contributed by atoms with van der Waals surface area (Å²) >= 11 is 19.5. The van der Waals surface area contributed by atoms with Gasteiger partial charge < -0.3 is 10.2 Å². The number of hydrogen-bond donors (Lipinski definition) is 1. The zero-order chi connectivity index (χ0) is 24.8. The lowest BCUT2D eigenvalue weighted by atomic mass is 10.1. The van der Waals surface area contributed by atoms with Crippen LogP contribution in [0, 0.1) is 5.82 Å². The number of thioether (sulfide) groups is 1. The Morgan fingerprint density at radius 1 is 1.09 bits per heavy atom. The first-order valence-electron chi connectivity index (χ1n) is 10.5. The van der Waals surface area contributed by atoms with Gasteiger partial charge in [-0.15, -0.1) is 11.8 Å². The Bertz CT molecular complexity index is 978. The summed E-state index contributed by atoms with van der Waals surface area (Å²) in [4.78, 5) is 27.8. The minimum atomic E-state index is -0.677. The molecule has 1 atom stereocenters. The lowest BCUT2D eigenvalue weighted by Crippen LogP contribution is -2.53. The van der Waals surface area contributed by atoms with Gasteiger partial charge in [-0.05, 0) is 57.0 Å². The lowest BCUT2D eigenvalue weighted by Gasteiger charge is -2.33. The largest absolute Gasteiger partial charge is 0.350 e. The third-order valence-corrected chi connectivity index (χ3v) is 6.79. The lowest BCUT2D eigenvalue weighted by molar-refractivity contribution is -0.140. The first kappa shape index (κ1) is 27.8. The molecule has 2 rings (SSSR count). The quantitative estimate of drug-likeness (QED) is 0.388. The molecular formula is C24H28Cl3FN2O2S. The molecule has 2 aromatic rings. The third-order valence-electron chi connectivity index (χ3n) is 4.75. The predicted octanol–water partition coefficient (Wildman–Crippen LogP) is 6.74. The maximum absolute atomic E-state index is 14.1. The van der Waals surface area contributed by atoms with E-state index in [1.807, 2.05) is 27.7 Å². The summed E-state index contributed by atoms with van der Waals surface area (Å²) in [6, 6.07) is 8.93. The molecule has 0 heterocycles. The summed E-state index contributed by atoms with van der Waals surface area (Å²) in [6.45, 7) is 7.70. The maximum atomic E-state index is 14.1. The molecular weight excluding hydrogens is 506 g/mol. The zero-order valence-electron chi connectivity index (χ0n) is 19.1. The number of carbonyl (C=O) groups excluding carboxylic acids is 2. The van der Waals surface area contributed by atoms with Crippen molar-refractivity contribution in [3.05, 3.63) is 68.4 Å². The fourth-order valence-corrected chi connectivity index (χ4v) is 4.77. The number of amides is 2. The average molecular weight is 534 g/mol. The van der Waals surface area contributed by atoms with Crippen LogP contribution >= 0.6 is 46.6 Å². The first-order chi connectivity index (χ1) is 15.4. The van der Waals surface area contributed by atoms with Crippen LogP contribution in [0.1, 0.15) is 45.2 Å². The minimum absolute atomic E-state index is 0.0608. The molecule has 0 spiro atoms. The Kier molecular flexibility index (Phi) is 10.3. The Morgan fingerprint density at radius 2 is 1.79 bits per heavy atom.